The van der Waals surface area contributed by atoms with Crippen LogP contribution >= 0.6 is 0 Å². The molecule has 162 valence electrons. The molecule has 0 aliphatic carbocycles. The number of aliphatic hydroxyl groups excluding tert-OH is 1. The molecule has 3 atom stereocenters. The SMILES string of the molecule is CC1(C)O[C@H]([C@H](O)CO[Si](c2ccccc2)(c2ccccc2)C(C)(C)C)[C@H](C=O)O1. The Morgan fingerprint density at radius 2 is 1.53 bits per heavy atom. The molecule has 0 spiro atoms. The molecule has 5 nitrogen and oxygen atoms in total. The third kappa shape index (κ3) is 4.43. The summed E-state index contributed by atoms with van der Waals surface area (Å²) in [4.78, 5) is 11.5. The van der Waals surface area contributed by atoms with E-state index in [2.05, 4.69) is 45.0 Å². The molecule has 1 fully saturated rings. The van der Waals surface area contributed by atoms with Crippen molar-refractivity contribution in [2.24, 2.45) is 0 Å². The molecule has 0 radical (unpaired) electrons. The highest BCUT2D eigenvalue weighted by Crippen LogP contribution is 2.37. The Balaban J connectivity index is 1.97. The third-order valence-electron chi connectivity index (χ3n) is 5.56. The van der Waals surface area contributed by atoms with E-state index in [0.717, 1.165) is 10.4 Å². The number of carbonyl (C=O) groups is 1. The summed E-state index contributed by atoms with van der Waals surface area (Å²) >= 11 is 0. The van der Waals surface area contributed by atoms with Crippen molar-refractivity contribution in [2.45, 2.75) is 63.8 Å². The number of hydrogen-bond donors (Lipinski definition) is 1. The van der Waals surface area contributed by atoms with Crippen molar-refractivity contribution in [3.05, 3.63) is 60.7 Å². The minimum absolute atomic E-state index is 0.0434. The molecule has 0 bridgehead atoms. The molecule has 2 aromatic carbocycles. The average Bonchev–Trinajstić information content (AvgIpc) is 3.04. The van der Waals surface area contributed by atoms with Crippen LogP contribution in [-0.4, -0.2) is 50.4 Å². The van der Waals surface area contributed by atoms with Crippen molar-refractivity contribution in [2.75, 3.05) is 6.61 Å². The van der Waals surface area contributed by atoms with Gasteiger partial charge >= 0.3 is 0 Å². The van der Waals surface area contributed by atoms with Gasteiger partial charge in [-0.3, -0.25) is 0 Å². The van der Waals surface area contributed by atoms with Crippen LogP contribution < -0.4 is 10.4 Å². The van der Waals surface area contributed by atoms with E-state index in [-0.39, 0.29) is 11.6 Å². The van der Waals surface area contributed by atoms with Gasteiger partial charge in [-0.15, -0.1) is 0 Å². The zero-order chi connectivity index (χ0) is 22.0. The van der Waals surface area contributed by atoms with E-state index in [1.807, 2.05) is 36.4 Å². The molecule has 1 N–H and O–H groups in total. The Labute approximate surface area is 180 Å². The Morgan fingerprint density at radius 1 is 1.03 bits per heavy atom. The fourth-order valence-electron chi connectivity index (χ4n) is 4.29. The second-order valence-electron chi connectivity index (χ2n) is 9.24. The maximum absolute atomic E-state index is 11.5. The minimum Gasteiger partial charge on any atom is -0.405 e. The van der Waals surface area contributed by atoms with Gasteiger partial charge in [0.15, 0.2) is 12.1 Å². The first kappa shape index (κ1) is 22.8. The lowest BCUT2D eigenvalue weighted by Gasteiger charge is -2.43. The van der Waals surface area contributed by atoms with Gasteiger partial charge in [-0.25, -0.2) is 0 Å². The number of carbonyl (C=O) groups excluding carboxylic acids is 1. The number of aldehydes is 1. The molecule has 1 aliphatic rings. The maximum Gasteiger partial charge on any atom is 0.261 e. The van der Waals surface area contributed by atoms with Crippen molar-refractivity contribution in [3.8, 4) is 0 Å². The molecule has 1 aliphatic heterocycles. The first-order valence-corrected chi connectivity index (χ1v) is 12.3. The van der Waals surface area contributed by atoms with Crippen molar-refractivity contribution < 1.29 is 23.8 Å². The minimum atomic E-state index is -2.78. The molecule has 0 saturated carbocycles. The molecule has 3 rings (SSSR count). The van der Waals surface area contributed by atoms with E-state index in [1.165, 1.54) is 0 Å². The van der Waals surface area contributed by atoms with Crippen LogP contribution in [0.1, 0.15) is 34.6 Å². The molecular formula is C24H32O5Si. The highest BCUT2D eigenvalue weighted by molar-refractivity contribution is 6.99. The largest absolute Gasteiger partial charge is 0.405 e. The van der Waals surface area contributed by atoms with E-state index in [9.17, 15) is 9.90 Å². The summed E-state index contributed by atoms with van der Waals surface area (Å²) in [5.41, 5.74) is 0. The van der Waals surface area contributed by atoms with Crippen LogP contribution in [0.3, 0.4) is 0 Å². The number of ether oxygens (including phenoxy) is 2. The first-order chi connectivity index (χ1) is 14.1. The van der Waals surface area contributed by atoms with E-state index in [1.54, 1.807) is 13.8 Å². The molecule has 1 saturated heterocycles. The average molecular weight is 429 g/mol. The maximum atomic E-state index is 11.5. The van der Waals surface area contributed by atoms with E-state index in [0.29, 0.717) is 6.29 Å². The predicted octanol–water partition coefficient (Wildman–Crippen LogP) is 2.64. The molecule has 30 heavy (non-hydrogen) atoms. The Morgan fingerprint density at radius 3 is 1.97 bits per heavy atom. The normalized spacial score (nSPS) is 22.6. The van der Waals surface area contributed by atoms with E-state index < -0.39 is 32.4 Å². The monoisotopic (exact) mass is 428 g/mol. The van der Waals surface area contributed by atoms with Gasteiger partial charge in [0.1, 0.15) is 18.3 Å². The third-order valence-corrected chi connectivity index (χ3v) is 10.6. The van der Waals surface area contributed by atoms with E-state index in [4.69, 9.17) is 13.9 Å². The van der Waals surface area contributed by atoms with E-state index >= 15 is 0 Å². The van der Waals surface area contributed by atoms with Gasteiger partial charge in [-0.05, 0) is 29.3 Å². The zero-order valence-corrected chi connectivity index (χ0v) is 19.4. The Hall–Kier alpha value is -1.83. The van der Waals surface area contributed by atoms with Crippen LogP contribution in [0.2, 0.25) is 5.04 Å². The molecule has 6 heteroatoms. The van der Waals surface area contributed by atoms with Crippen LogP contribution in [0.25, 0.3) is 0 Å². The lowest BCUT2D eigenvalue weighted by atomic mass is 10.1. The first-order valence-electron chi connectivity index (χ1n) is 10.3. The second-order valence-corrected chi connectivity index (χ2v) is 13.5. The van der Waals surface area contributed by atoms with Gasteiger partial charge in [-0.2, -0.15) is 0 Å². The lowest BCUT2D eigenvalue weighted by molar-refractivity contribution is -0.158. The quantitative estimate of drug-likeness (QED) is 0.543. The molecule has 2 aromatic rings. The summed E-state index contributed by atoms with van der Waals surface area (Å²) < 4.78 is 18.2. The van der Waals surface area contributed by atoms with Crippen molar-refractivity contribution >= 4 is 25.0 Å². The van der Waals surface area contributed by atoms with Crippen LogP contribution in [-0.2, 0) is 18.7 Å². The summed E-state index contributed by atoms with van der Waals surface area (Å²) in [5, 5.41) is 13.0. The zero-order valence-electron chi connectivity index (χ0n) is 18.4. The van der Waals surface area contributed by atoms with Crippen LogP contribution in [0.4, 0.5) is 0 Å². The molecule has 0 amide bonds. The number of hydrogen-bond acceptors (Lipinski definition) is 5. The smallest absolute Gasteiger partial charge is 0.261 e. The van der Waals surface area contributed by atoms with Crippen LogP contribution in [0, 0.1) is 0 Å². The van der Waals surface area contributed by atoms with Crippen molar-refractivity contribution in [1.82, 2.24) is 0 Å². The highest BCUT2D eigenvalue weighted by Gasteiger charge is 2.51. The summed E-state index contributed by atoms with van der Waals surface area (Å²) in [7, 11) is -2.78. The van der Waals surface area contributed by atoms with Gasteiger partial charge in [0, 0.05) is 0 Å². The number of aliphatic hydroxyl groups is 1. The number of rotatable bonds is 7. The van der Waals surface area contributed by atoms with Gasteiger partial charge in [0.2, 0.25) is 0 Å². The fraction of sp³-hybridized carbons (Fsp3) is 0.458. The van der Waals surface area contributed by atoms with Crippen LogP contribution in [0.15, 0.2) is 60.7 Å². The van der Waals surface area contributed by atoms with Crippen molar-refractivity contribution in [3.63, 3.8) is 0 Å². The fourth-order valence-corrected chi connectivity index (χ4v) is 8.86. The summed E-state index contributed by atoms with van der Waals surface area (Å²) in [6, 6.07) is 20.5. The standard InChI is InChI=1S/C24H32O5Si/c1-23(2,3)30(18-12-8-6-9-13-18,19-14-10-7-11-15-19)27-17-20(26)22-21(16-25)28-24(4,5)29-22/h6-16,20-22,26H,17H2,1-5H3/t20-,21+,22-/m1/s1. The molecular weight excluding hydrogens is 396 g/mol. The number of benzene rings is 2. The molecule has 0 unspecified atom stereocenters. The van der Waals surface area contributed by atoms with Gasteiger partial charge in [0.25, 0.3) is 8.32 Å². The predicted molar refractivity (Wildman–Crippen MR) is 119 cm³/mol. The Bertz CT molecular complexity index is 792. The Kier molecular flexibility index (Phi) is 6.65. The molecule has 0 aromatic heterocycles. The molecule has 1 heterocycles. The second kappa shape index (κ2) is 8.73. The van der Waals surface area contributed by atoms with Crippen molar-refractivity contribution in [1.29, 1.82) is 0 Å². The highest BCUT2D eigenvalue weighted by atomic mass is 28.4. The van der Waals surface area contributed by atoms with Crippen LogP contribution in [0.5, 0.6) is 0 Å². The summed E-state index contributed by atoms with van der Waals surface area (Å²) in [6.07, 6.45) is -1.90. The summed E-state index contributed by atoms with van der Waals surface area (Å²) in [5.74, 6) is -0.922. The topological polar surface area (TPSA) is 65.0 Å². The van der Waals surface area contributed by atoms with Gasteiger partial charge in [0.05, 0.1) is 6.61 Å². The lowest BCUT2D eigenvalue weighted by Crippen LogP contribution is -2.67. The van der Waals surface area contributed by atoms with Gasteiger partial charge in [-0.1, -0.05) is 81.4 Å². The summed E-state index contributed by atoms with van der Waals surface area (Å²) in [6.45, 7) is 10.1. The van der Waals surface area contributed by atoms with Gasteiger partial charge < -0.3 is 23.8 Å².